The lowest BCUT2D eigenvalue weighted by Crippen LogP contribution is -2.56. The van der Waals surface area contributed by atoms with Crippen molar-refractivity contribution in [2.75, 3.05) is 26.9 Å². The number of rotatable bonds is 4. The van der Waals surface area contributed by atoms with Gasteiger partial charge in [-0.1, -0.05) is 13.8 Å². The third-order valence-corrected chi connectivity index (χ3v) is 4.63. The van der Waals surface area contributed by atoms with Crippen LogP contribution in [0.3, 0.4) is 0 Å². The van der Waals surface area contributed by atoms with Crippen molar-refractivity contribution in [2.45, 2.75) is 39.4 Å². The Bertz CT molecular complexity index is 244. The van der Waals surface area contributed by atoms with Crippen molar-refractivity contribution in [1.82, 2.24) is 0 Å². The normalized spacial score (nSPS) is 36.0. The highest BCUT2D eigenvalue weighted by atomic mass is 16.7. The largest absolute Gasteiger partial charge is 0.385 e. The van der Waals surface area contributed by atoms with Gasteiger partial charge in [-0.3, -0.25) is 0 Å². The van der Waals surface area contributed by atoms with E-state index in [2.05, 4.69) is 20.8 Å². The van der Waals surface area contributed by atoms with Gasteiger partial charge in [-0.05, 0) is 31.1 Å². The van der Waals surface area contributed by atoms with E-state index >= 15 is 0 Å². The average Bonchev–Trinajstić information content (AvgIpc) is 2.64. The van der Waals surface area contributed by atoms with Crippen LogP contribution in [0.25, 0.3) is 0 Å². The molecule has 3 heteroatoms. The highest BCUT2D eigenvalue weighted by Crippen LogP contribution is 2.58. The van der Waals surface area contributed by atoms with E-state index in [-0.39, 0.29) is 5.79 Å². The predicted octanol–water partition coefficient (Wildman–Crippen LogP) is 2.45. The number of hydrogen-bond acceptors (Lipinski definition) is 3. The Labute approximate surface area is 98.4 Å². The summed E-state index contributed by atoms with van der Waals surface area (Å²) < 4.78 is 16.7. The molecule has 16 heavy (non-hydrogen) atoms. The molecule has 0 aromatic carbocycles. The van der Waals surface area contributed by atoms with Crippen LogP contribution in [0.4, 0.5) is 0 Å². The summed E-state index contributed by atoms with van der Waals surface area (Å²) in [4.78, 5) is 0. The molecule has 2 unspecified atom stereocenters. The summed E-state index contributed by atoms with van der Waals surface area (Å²) in [5.74, 6) is 0.916. The van der Waals surface area contributed by atoms with Gasteiger partial charge in [-0.2, -0.15) is 0 Å². The molecule has 1 aliphatic carbocycles. The zero-order chi connectivity index (χ0) is 11.8. The minimum absolute atomic E-state index is 0.303. The van der Waals surface area contributed by atoms with Crippen molar-refractivity contribution in [3.63, 3.8) is 0 Å². The van der Waals surface area contributed by atoms with Gasteiger partial charge in [-0.25, -0.2) is 0 Å². The van der Waals surface area contributed by atoms with Crippen molar-refractivity contribution in [3.8, 4) is 0 Å². The minimum Gasteiger partial charge on any atom is -0.385 e. The zero-order valence-electron chi connectivity index (χ0n) is 10.9. The molecule has 0 radical (unpaired) electrons. The van der Waals surface area contributed by atoms with Crippen LogP contribution >= 0.6 is 0 Å². The highest BCUT2D eigenvalue weighted by Gasteiger charge is 2.57. The van der Waals surface area contributed by atoms with Crippen molar-refractivity contribution in [2.24, 2.45) is 17.3 Å². The summed E-state index contributed by atoms with van der Waals surface area (Å²) in [5, 5.41) is 0. The lowest BCUT2D eigenvalue weighted by atomic mass is 9.51. The molecule has 2 rings (SSSR count). The fourth-order valence-electron chi connectivity index (χ4n) is 3.39. The molecule has 2 atom stereocenters. The third kappa shape index (κ3) is 1.89. The van der Waals surface area contributed by atoms with Crippen molar-refractivity contribution in [1.29, 1.82) is 0 Å². The number of methoxy groups -OCH3 is 1. The van der Waals surface area contributed by atoms with Gasteiger partial charge in [0.05, 0.1) is 13.2 Å². The molecule has 3 nitrogen and oxygen atoms in total. The number of ether oxygens (including phenoxy) is 3. The van der Waals surface area contributed by atoms with E-state index in [0.29, 0.717) is 11.3 Å². The van der Waals surface area contributed by atoms with Gasteiger partial charge >= 0.3 is 0 Å². The Morgan fingerprint density at radius 1 is 1.19 bits per heavy atom. The highest BCUT2D eigenvalue weighted by molar-refractivity contribution is 5.02. The van der Waals surface area contributed by atoms with E-state index in [0.717, 1.165) is 32.2 Å². The molecule has 94 valence electrons. The molecule has 1 aliphatic heterocycles. The van der Waals surface area contributed by atoms with Gasteiger partial charge in [0.25, 0.3) is 0 Å². The molecule has 0 aromatic rings. The first-order chi connectivity index (χ1) is 7.50. The van der Waals surface area contributed by atoms with E-state index in [1.807, 2.05) is 0 Å². The summed E-state index contributed by atoms with van der Waals surface area (Å²) in [6.07, 6.45) is 2.35. The molecule has 0 bridgehead atoms. The predicted molar refractivity (Wildman–Crippen MR) is 62.2 cm³/mol. The van der Waals surface area contributed by atoms with E-state index in [1.54, 1.807) is 7.11 Å². The van der Waals surface area contributed by atoms with E-state index in [9.17, 15) is 0 Å². The maximum absolute atomic E-state index is 5.78. The van der Waals surface area contributed by atoms with Gasteiger partial charge in [0.2, 0.25) is 0 Å². The van der Waals surface area contributed by atoms with Crippen LogP contribution in [0, 0.1) is 17.3 Å². The summed E-state index contributed by atoms with van der Waals surface area (Å²) in [6, 6.07) is 0. The zero-order valence-corrected chi connectivity index (χ0v) is 10.9. The summed E-state index contributed by atoms with van der Waals surface area (Å²) in [7, 11) is 1.77. The molecule has 0 amide bonds. The minimum atomic E-state index is -0.340. The summed E-state index contributed by atoms with van der Waals surface area (Å²) in [6.45, 7) is 9.10. The third-order valence-electron chi connectivity index (χ3n) is 4.63. The van der Waals surface area contributed by atoms with Crippen molar-refractivity contribution < 1.29 is 14.2 Å². The maximum Gasteiger partial charge on any atom is 0.169 e. The second-order valence-corrected chi connectivity index (χ2v) is 5.80. The second-order valence-electron chi connectivity index (χ2n) is 5.80. The van der Waals surface area contributed by atoms with Crippen molar-refractivity contribution >= 4 is 0 Å². The molecule has 0 spiro atoms. The molecular formula is C13H24O3. The molecule has 2 aliphatic rings. The van der Waals surface area contributed by atoms with E-state index in [4.69, 9.17) is 14.2 Å². The fourth-order valence-corrected chi connectivity index (χ4v) is 3.39. The molecule has 0 aromatic heterocycles. The fraction of sp³-hybridized carbons (Fsp3) is 1.00. The van der Waals surface area contributed by atoms with Gasteiger partial charge < -0.3 is 14.2 Å². The smallest absolute Gasteiger partial charge is 0.169 e. The second kappa shape index (κ2) is 4.28. The van der Waals surface area contributed by atoms with Crippen LogP contribution in [-0.2, 0) is 14.2 Å². The van der Waals surface area contributed by atoms with E-state index < -0.39 is 0 Å². The van der Waals surface area contributed by atoms with Crippen LogP contribution in [0.15, 0.2) is 0 Å². The molecule has 0 N–H and O–H groups in total. The molecule has 1 heterocycles. The van der Waals surface area contributed by atoms with Gasteiger partial charge in [0.1, 0.15) is 0 Å². The molecule has 2 fully saturated rings. The maximum atomic E-state index is 5.78. The quantitative estimate of drug-likeness (QED) is 0.739. The Hall–Kier alpha value is -0.120. The van der Waals surface area contributed by atoms with E-state index in [1.165, 1.54) is 6.42 Å². The Morgan fingerprint density at radius 3 is 2.31 bits per heavy atom. The van der Waals surface area contributed by atoms with Crippen LogP contribution in [-0.4, -0.2) is 32.7 Å². The SMILES string of the molecule is COCCC1CC(C2(C)OCCO2)C1(C)C. The van der Waals surface area contributed by atoms with Gasteiger partial charge in [0, 0.05) is 19.6 Å². The number of hydrogen-bond donors (Lipinski definition) is 0. The first-order valence-electron chi connectivity index (χ1n) is 6.27. The van der Waals surface area contributed by atoms with Crippen LogP contribution in [0.2, 0.25) is 0 Å². The first-order valence-corrected chi connectivity index (χ1v) is 6.27. The van der Waals surface area contributed by atoms with Crippen LogP contribution in [0.5, 0.6) is 0 Å². The van der Waals surface area contributed by atoms with Gasteiger partial charge in [-0.15, -0.1) is 0 Å². The summed E-state index contributed by atoms with van der Waals surface area (Å²) in [5.41, 5.74) is 0.303. The molecule has 1 saturated carbocycles. The Kier molecular flexibility index (Phi) is 3.30. The average molecular weight is 228 g/mol. The Morgan fingerprint density at radius 2 is 1.81 bits per heavy atom. The monoisotopic (exact) mass is 228 g/mol. The lowest BCUT2D eigenvalue weighted by Gasteiger charge is -2.57. The Balaban J connectivity index is 1.95. The molecule has 1 saturated heterocycles. The van der Waals surface area contributed by atoms with Crippen LogP contribution in [0.1, 0.15) is 33.6 Å². The first kappa shape index (κ1) is 12.3. The standard InChI is InChI=1S/C13H24O3/c1-12(2)10(5-6-14-4)9-11(12)13(3)15-7-8-16-13/h10-11H,5-9H2,1-4H3. The van der Waals surface area contributed by atoms with Crippen molar-refractivity contribution in [3.05, 3.63) is 0 Å². The van der Waals surface area contributed by atoms with Crippen LogP contribution < -0.4 is 0 Å². The van der Waals surface area contributed by atoms with Gasteiger partial charge in [0.15, 0.2) is 5.79 Å². The summed E-state index contributed by atoms with van der Waals surface area (Å²) >= 11 is 0. The lowest BCUT2D eigenvalue weighted by molar-refractivity contribution is -0.254. The topological polar surface area (TPSA) is 27.7 Å². The molecular weight excluding hydrogens is 204 g/mol.